The number of nitriles is 1. The molecule has 0 unspecified atom stereocenters. The van der Waals surface area contributed by atoms with E-state index in [1.807, 2.05) is 0 Å². The Morgan fingerprint density at radius 3 is 2.22 bits per heavy atom. The number of anilines is 1. The van der Waals surface area contributed by atoms with Gasteiger partial charge in [0.05, 0.1) is 11.6 Å². The van der Waals surface area contributed by atoms with Crippen molar-refractivity contribution in [1.29, 1.82) is 5.26 Å². The average Bonchev–Trinajstić information content (AvgIpc) is 2.88. The van der Waals surface area contributed by atoms with Crippen molar-refractivity contribution >= 4 is 17.5 Å². The molecule has 0 aliphatic heterocycles. The van der Waals surface area contributed by atoms with Crippen LogP contribution < -0.4 is 11.1 Å². The molecule has 4 rings (SSSR count). The predicted octanol–water partition coefficient (Wildman–Crippen LogP) is 5.00. The summed E-state index contributed by atoms with van der Waals surface area (Å²) in [4.78, 5) is 28.1. The summed E-state index contributed by atoms with van der Waals surface area (Å²) in [6.45, 7) is 0.215. The minimum atomic E-state index is -0.844. The minimum absolute atomic E-state index is 0.0472. The fourth-order valence-electron chi connectivity index (χ4n) is 4.48. The lowest BCUT2D eigenvalue weighted by Crippen LogP contribution is -2.44. The van der Waals surface area contributed by atoms with Gasteiger partial charge in [0, 0.05) is 41.5 Å². The van der Waals surface area contributed by atoms with Crippen LogP contribution in [0.2, 0.25) is 0 Å². The molecular formula is C28H26F2N4O2. The fraction of sp³-hybridized carbons (Fsp3) is 0.250. The van der Waals surface area contributed by atoms with Crippen LogP contribution in [0, 0.1) is 23.0 Å². The summed E-state index contributed by atoms with van der Waals surface area (Å²) >= 11 is 0. The highest BCUT2D eigenvalue weighted by atomic mass is 19.1. The lowest BCUT2D eigenvalue weighted by atomic mass is 9.90. The van der Waals surface area contributed by atoms with Crippen molar-refractivity contribution in [3.05, 3.63) is 101 Å². The van der Waals surface area contributed by atoms with Gasteiger partial charge in [0.1, 0.15) is 11.6 Å². The number of carbonyl (C=O) groups excluding carboxylic acids is 2. The van der Waals surface area contributed by atoms with E-state index in [0.717, 1.165) is 37.8 Å². The van der Waals surface area contributed by atoms with Gasteiger partial charge in [-0.25, -0.2) is 8.78 Å². The lowest BCUT2D eigenvalue weighted by Gasteiger charge is -2.36. The number of carbonyl (C=O) groups is 2. The molecule has 1 saturated carbocycles. The van der Waals surface area contributed by atoms with Gasteiger partial charge in [-0.3, -0.25) is 9.59 Å². The van der Waals surface area contributed by atoms with Crippen molar-refractivity contribution in [2.75, 3.05) is 5.32 Å². The van der Waals surface area contributed by atoms with E-state index < -0.39 is 17.5 Å². The maximum atomic E-state index is 13.6. The summed E-state index contributed by atoms with van der Waals surface area (Å²) in [6.07, 6.45) is 3.09. The molecular weight excluding hydrogens is 462 g/mol. The monoisotopic (exact) mass is 488 g/mol. The van der Waals surface area contributed by atoms with Crippen molar-refractivity contribution in [1.82, 2.24) is 4.90 Å². The van der Waals surface area contributed by atoms with Gasteiger partial charge in [0.15, 0.2) is 0 Å². The molecule has 1 fully saturated rings. The molecule has 0 radical (unpaired) electrons. The van der Waals surface area contributed by atoms with E-state index in [-0.39, 0.29) is 30.1 Å². The van der Waals surface area contributed by atoms with Crippen LogP contribution in [0.4, 0.5) is 14.5 Å². The van der Waals surface area contributed by atoms with E-state index in [0.29, 0.717) is 28.4 Å². The van der Waals surface area contributed by atoms with Gasteiger partial charge in [-0.2, -0.15) is 5.26 Å². The van der Waals surface area contributed by atoms with Gasteiger partial charge in [0.25, 0.3) is 11.8 Å². The molecule has 0 aromatic heterocycles. The topological polar surface area (TPSA) is 99.2 Å². The Morgan fingerprint density at radius 2 is 1.58 bits per heavy atom. The number of rotatable bonds is 6. The first kappa shape index (κ1) is 25.0. The van der Waals surface area contributed by atoms with E-state index in [4.69, 9.17) is 11.0 Å². The van der Waals surface area contributed by atoms with Crippen molar-refractivity contribution in [3.63, 3.8) is 0 Å². The second kappa shape index (κ2) is 11.1. The van der Waals surface area contributed by atoms with Gasteiger partial charge in [-0.1, -0.05) is 18.2 Å². The minimum Gasteiger partial charge on any atom is -0.331 e. The van der Waals surface area contributed by atoms with Gasteiger partial charge in [-0.15, -0.1) is 0 Å². The molecule has 184 valence electrons. The Morgan fingerprint density at radius 1 is 0.944 bits per heavy atom. The third kappa shape index (κ3) is 5.93. The van der Waals surface area contributed by atoms with Crippen LogP contribution in [-0.2, 0) is 6.54 Å². The highest BCUT2D eigenvalue weighted by molar-refractivity contribution is 6.04. The number of hydrogen-bond donors (Lipinski definition) is 2. The number of para-hydroxylation sites is 1. The highest BCUT2D eigenvalue weighted by Gasteiger charge is 2.29. The van der Waals surface area contributed by atoms with E-state index in [1.54, 1.807) is 53.4 Å². The van der Waals surface area contributed by atoms with Gasteiger partial charge in [0.2, 0.25) is 0 Å². The first-order valence-corrected chi connectivity index (χ1v) is 11.8. The Kier molecular flexibility index (Phi) is 7.71. The highest BCUT2D eigenvalue weighted by Crippen LogP contribution is 2.28. The Bertz CT molecular complexity index is 1280. The standard InChI is InChI=1S/C28H26F2N4O2/c29-22-13-21(14-23(30)15-22)27(35)33-26-4-2-1-3-20(26)17-34(25-11-9-24(32)10-12-25)28(36)19-7-5-18(16-31)6-8-19/h1-8,13-15,24-25H,9-12,17,32H2,(H,33,35). The molecule has 2 amide bonds. The Balaban J connectivity index is 1.61. The summed E-state index contributed by atoms with van der Waals surface area (Å²) in [5, 5.41) is 11.8. The molecule has 0 bridgehead atoms. The number of nitrogens with one attached hydrogen (secondary N) is 1. The van der Waals surface area contributed by atoms with Crippen LogP contribution in [0.25, 0.3) is 0 Å². The smallest absolute Gasteiger partial charge is 0.255 e. The number of nitrogens with zero attached hydrogens (tertiary/aromatic N) is 2. The fourth-order valence-corrected chi connectivity index (χ4v) is 4.48. The molecule has 1 aliphatic carbocycles. The summed E-state index contributed by atoms with van der Waals surface area (Å²) < 4.78 is 27.2. The maximum absolute atomic E-state index is 13.6. The third-order valence-corrected chi connectivity index (χ3v) is 6.43. The number of nitrogens with two attached hydrogens (primary N) is 1. The molecule has 3 N–H and O–H groups in total. The Labute approximate surface area is 208 Å². The summed E-state index contributed by atoms with van der Waals surface area (Å²) in [6, 6.07) is 18.2. The van der Waals surface area contributed by atoms with Crippen molar-refractivity contribution in [2.24, 2.45) is 5.73 Å². The van der Waals surface area contributed by atoms with Crippen molar-refractivity contribution < 1.29 is 18.4 Å². The van der Waals surface area contributed by atoms with Crippen LogP contribution in [0.3, 0.4) is 0 Å². The summed E-state index contributed by atoms with van der Waals surface area (Å²) in [5.41, 5.74) is 7.99. The van der Waals surface area contributed by atoms with Crippen LogP contribution in [0.1, 0.15) is 57.5 Å². The lowest BCUT2D eigenvalue weighted by molar-refractivity contribution is 0.0607. The third-order valence-electron chi connectivity index (χ3n) is 6.43. The van der Waals surface area contributed by atoms with Crippen LogP contribution in [-0.4, -0.2) is 28.8 Å². The predicted molar refractivity (Wildman–Crippen MR) is 132 cm³/mol. The quantitative estimate of drug-likeness (QED) is 0.510. The van der Waals surface area contributed by atoms with Gasteiger partial charge < -0.3 is 16.0 Å². The summed E-state index contributed by atoms with van der Waals surface area (Å²) in [5.74, 6) is -2.53. The molecule has 0 saturated heterocycles. The van der Waals surface area contributed by atoms with Crippen molar-refractivity contribution in [2.45, 2.75) is 44.3 Å². The van der Waals surface area contributed by atoms with E-state index in [9.17, 15) is 18.4 Å². The first-order valence-electron chi connectivity index (χ1n) is 11.8. The van der Waals surface area contributed by atoms with Gasteiger partial charge >= 0.3 is 0 Å². The molecule has 6 nitrogen and oxygen atoms in total. The molecule has 3 aromatic rings. The maximum Gasteiger partial charge on any atom is 0.255 e. The first-order chi connectivity index (χ1) is 17.3. The SMILES string of the molecule is N#Cc1ccc(C(=O)N(Cc2ccccc2NC(=O)c2cc(F)cc(F)c2)C2CCC(N)CC2)cc1. The van der Waals surface area contributed by atoms with Crippen LogP contribution in [0.5, 0.6) is 0 Å². The summed E-state index contributed by atoms with van der Waals surface area (Å²) in [7, 11) is 0. The zero-order chi connectivity index (χ0) is 25.7. The number of amides is 2. The van der Waals surface area contributed by atoms with E-state index in [1.165, 1.54) is 0 Å². The van der Waals surface area contributed by atoms with Crippen LogP contribution >= 0.6 is 0 Å². The van der Waals surface area contributed by atoms with E-state index in [2.05, 4.69) is 11.4 Å². The number of halogens is 2. The normalized spacial score (nSPS) is 17.2. The zero-order valence-electron chi connectivity index (χ0n) is 19.6. The van der Waals surface area contributed by atoms with Gasteiger partial charge in [-0.05, 0) is 73.7 Å². The molecule has 8 heteroatoms. The second-order valence-electron chi connectivity index (χ2n) is 8.96. The van der Waals surface area contributed by atoms with Crippen LogP contribution in [0.15, 0.2) is 66.7 Å². The number of hydrogen-bond acceptors (Lipinski definition) is 4. The molecule has 3 aromatic carbocycles. The molecule has 1 aliphatic rings. The van der Waals surface area contributed by atoms with E-state index >= 15 is 0 Å². The second-order valence-corrected chi connectivity index (χ2v) is 8.96. The molecule has 0 atom stereocenters. The molecule has 0 heterocycles. The largest absolute Gasteiger partial charge is 0.331 e. The molecule has 36 heavy (non-hydrogen) atoms. The zero-order valence-corrected chi connectivity index (χ0v) is 19.6. The average molecular weight is 489 g/mol. The van der Waals surface area contributed by atoms with Crippen molar-refractivity contribution in [3.8, 4) is 6.07 Å². The Hall–Kier alpha value is -4.09. The number of benzene rings is 3. The molecule has 0 spiro atoms.